The molecule has 1 aromatic rings. The number of hydrogen-bond donors (Lipinski definition) is 0. The van der Waals surface area contributed by atoms with Gasteiger partial charge in [-0.1, -0.05) is 11.6 Å². The third-order valence-corrected chi connectivity index (χ3v) is 2.91. The summed E-state index contributed by atoms with van der Waals surface area (Å²) in [7, 11) is 0. The lowest BCUT2D eigenvalue weighted by Gasteiger charge is -1.88. The van der Waals surface area contributed by atoms with Crippen LogP contribution in [0.4, 0.5) is 0 Å². The monoisotopic (exact) mass is 201 g/mol. The molecule has 0 saturated heterocycles. The molecule has 62 valence electrons. The fourth-order valence-corrected chi connectivity index (χ4v) is 1.81. The van der Waals surface area contributed by atoms with E-state index in [9.17, 15) is 4.79 Å². The minimum atomic E-state index is -0.624. The molecular weight excluding hydrogens is 198 g/mol. The van der Waals surface area contributed by atoms with Gasteiger partial charge in [0.1, 0.15) is 0 Å². The lowest BCUT2D eigenvalue weighted by molar-refractivity contribution is 0.100. The molecule has 0 unspecified atom stereocenters. The van der Waals surface area contributed by atoms with Crippen molar-refractivity contribution in [3.8, 4) is 0 Å². The summed E-state index contributed by atoms with van der Waals surface area (Å²) in [6.45, 7) is 1.78. The number of aryl methyl sites for hydroxylation is 1. The smallest absolute Gasteiger partial charge is 0.260 e. The molecule has 0 saturated carbocycles. The lowest BCUT2D eigenvalue weighted by atomic mass is 10.3. The highest BCUT2D eigenvalue weighted by Crippen LogP contribution is 2.27. The number of carbonyl (C=O) groups excluding carboxylic acids is 1. The molecule has 0 spiro atoms. The predicted octanol–water partition coefficient (Wildman–Crippen LogP) is 3.16. The standard InChI is InChI=1S/C6H4ClN3OS/c1-3-2-12-5(4(3)7)6(11)9-10-8/h2H,1H3. The number of nitrogens with zero attached hydrogens (tertiary/aromatic N) is 3. The summed E-state index contributed by atoms with van der Waals surface area (Å²) < 4.78 is 0. The molecule has 1 rings (SSSR count). The van der Waals surface area contributed by atoms with Crippen LogP contribution in [-0.2, 0) is 0 Å². The van der Waals surface area contributed by atoms with Crippen LogP contribution in [0.25, 0.3) is 10.4 Å². The van der Waals surface area contributed by atoms with Gasteiger partial charge in [-0.2, -0.15) is 0 Å². The van der Waals surface area contributed by atoms with Gasteiger partial charge in [0.05, 0.1) is 9.90 Å². The van der Waals surface area contributed by atoms with Gasteiger partial charge in [-0.15, -0.1) is 11.3 Å². The Bertz CT molecular complexity index is 367. The van der Waals surface area contributed by atoms with Crippen LogP contribution in [-0.4, -0.2) is 5.91 Å². The van der Waals surface area contributed by atoms with Gasteiger partial charge in [-0.3, -0.25) is 4.79 Å². The number of carbonyl (C=O) groups is 1. The summed E-state index contributed by atoms with van der Waals surface area (Å²) in [6.07, 6.45) is 0. The van der Waals surface area contributed by atoms with Crippen molar-refractivity contribution in [2.75, 3.05) is 0 Å². The molecule has 6 heteroatoms. The maximum Gasteiger partial charge on any atom is 0.260 e. The van der Waals surface area contributed by atoms with E-state index in [-0.39, 0.29) is 0 Å². The van der Waals surface area contributed by atoms with E-state index in [1.807, 2.05) is 0 Å². The van der Waals surface area contributed by atoms with Crippen LogP contribution in [0.5, 0.6) is 0 Å². The largest absolute Gasteiger partial charge is 0.286 e. The van der Waals surface area contributed by atoms with Gasteiger partial charge in [0.2, 0.25) is 0 Å². The predicted molar refractivity (Wildman–Crippen MR) is 47.5 cm³/mol. The first-order valence-corrected chi connectivity index (χ1v) is 4.25. The fourth-order valence-electron chi connectivity index (χ4n) is 0.660. The number of amides is 1. The first-order chi connectivity index (χ1) is 5.66. The molecule has 1 heterocycles. The zero-order valence-corrected chi connectivity index (χ0v) is 7.69. The summed E-state index contributed by atoms with van der Waals surface area (Å²) in [4.78, 5) is 13.7. The van der Waals surface area contributed by atoms with Crippen molar-refractivity contribution in [1.29, 1.82) is 0 Å². The minimum Gasteiger partial charge on any atom is -0.286 e. The Morgan fingerprint density at radius 1 is 1.83 bits per heavy atom. The van der Waals surface area contributed by atoms with Gasteiger partial charge in [-0.05, 0) is 28.5 Å². The first-order valence-electron chi connectivity index (χ1n) is 3.00. The Kier molecular flexibility index (Phi) is 2.70. The summed E-state index contributed by atoms with van der Waals surface area (Å²) in [6, 6.07) is 0. The zero-order chi connectivity index (χ0) is 9.14. The Morgan fingerprint density at radius 2 is 2.50 bits per heavy atom. The van der Waals surface area contributed by atoms with Crippen LogP contribution in [0.1, 0.15) is 15.2 Å². The highest BCUT2D eigenvalue weighted by molar-refractivity contribution is 7.13. The molecule has 0 bridgehead atoms. The van der Waals surface area contributed by atoms with Gasteiger partial charge in [0, 0.05) is 4.91 Å². The highest BCUT2D eigenvalue weighted by Gasteiger charge is 2.12. The molecule has 1 aromatic heterocycles. The average molecular weight is 202 g/mol. The summed E-state index contributed by atoms with van der Waals surface area (Å²) in [5.74, 6) is -0.624. The Morgan fingerprint density at radius 3 is 2.92 bits per heavy atom. The van der Waals surface area contributed by atoms with Gasteiger partial charge in [-0.25, -0.2) is 0 Å². The van der Waals surface area contributed by atoms with Crippen molar-refractivity contribution in [3.05, 3.63) is 31.3 Å². The second-order valence-electron chi connectivity index (χ2n) is 2.06. The summed E-state index contributed by atoms with van der Waals surface area (Å²) in [5.41, 5.74) is 8.81. The maximum absolute atomic E-state index is 11.0. The SMILES string of the molecule is Cc1csc(C(=O)N=[N+]=[N-])c1Cl. The van der Waals surface area contributed by atoms with E-state index in [0.717, 1.165) is 5.56 Å². The topological polar surface area (TPSA) is 65.8 Å². The Balaban J connectivity index is 3.11. The van der Waals surface area contributed by atoms with Crippen molar-refractivity contribution in [1.82, 2.24) is 0 Å². The minimum absolute atomic E-state index is 0.298. The van der Waals surface area contributed by atoms with Gasteiger partial charge >= 0.3 is 0 Å². The van der Waals surface area contributed by atoms with E-state index in [4.69, 9.17) is 17.1 Å². The van der Waals surface area contributed by atoms with E-state index in [2.05, 4.69) is 10.0 Å². The second kappa shape index (κ2) is 3.58. The quantitative estimate of drug-likeness (QED) is 0.391. The van der Waals surface area contributed by atoms with Gasteiger partial charge in [0.15, 0.2) is 0 Å². The second-order valence-corrected chi connectivity index (χ2v) is 3.31. The molecule has 0 atom stereocenters. The van der Waals surface area contributed by atoms with Crippen molar-refractivity contribution in [2.45, 2.75) is 6.92 Å². The highest BCUT2D eigenvalue weighted by atomic mass is 35.5. The molecule has 1 amide bonds. The van der Waals surface area contributed by atoms with Crippen molar-refractivity contribution in [2.24, 2.45) is 5.11 Å². The Labute approximate surface area is 77.4 Å². The van der Waals surface area contributed by atoms with Crippen LogP contribution >= 0.6 is 22.9 Å². The first kappa shape index (κ1) is 9.06. The van der Waals surface area contributed by atoms with E-state index in [1.165, 1.54) is 11.3 Å². The molecule has 0 aliphatic carbocycles. The van der Waals surface area contributed by atoms with Crippen LogP contribution in [0, 0.1) is 6.92 Å². The van der Waals surface area contributed by atoms with Crippen LogP contribution in [0.2, 0.25) is 5.02 Å². The molecule has 4 nitrogen and oxygen atoms in total. The lowest BCUT2D eigenvalue weighted by Crippen LogP contribution is -1.88. The number of hydrogen-bond acceptors (Lipinski definition) is 2. The molecule has 0 radical (unpaired) electrons. The van der Waals surface area contributed by atoms with E-state index >= 15 is 0 Å². The maximum atomic E-state index is 11.0. The van der Waals surface area contributed by atoms with Gasteiger partial charge in [0.25, 0.3) is 5.91 Å². The number of halogens is 1. The fraction of sp³-hybridized carbons (Fsp3) is 0.167. The third-order valence-electron chi connectivity index (χ3n) is 1.23. The normalized spacial score (nSPS) is 9.17. The molecule has 0 N–H and O–H groups in total. The van der Waals surface area contributed by atoms with Crippen LogP contribution in [0.3, 0.4) is 0 Å². The molecule has 0 fully saturated rings. The third kappa shape index (κ3) is 1.58. The number of azide groups is 1. The molecular formula is C6H4ClN3OS. The van der Waals surface area contributed by atoms with E-state index in [1.54, 1.807) is 12.3 Å². The van der Waals surface area contributed by atoms with Crippen molar-refractivity contribution < 1.29 is 4.79 Å². The van der Waals surface area contributed by atoms with E-state index in [0.29, 0.717) is 9.90 Å². The molecule has 0 aliphatic rings. The summed E-state index contributed by atoms with van der Waals surface area (Å²) in [5, 5.41) is 5.05. The average Bonchev–Trinajstić information content (AvgIpc) is 2.34. The Hall–Kier alpha value is -1.03. The molecule has 12 heavy (non-hydrogen) atoms. The van der Waals surface area contributed by atoms with Gasteiger partial charge < -0.3 is 0 Å². The van der Waals surface area contributed by atoms with Crippen molar-refractivity contribution in [3.63, 3.8) is 0 Å². The molecule has 0 aliphatic heterocycles. The van der Waals surface area contributed by atoms with Crippen LogP contribution < -0.4 is 0 Å². The number of thiophene rings is 1. The van der Waals surface area contributed by atoms with Crippen molar-refractivity contribution >= 4 is 28.8 Å². The molecule has 0 aromatic carbocycles. The number of rotatable bonds is 1. The zero-order valence-electron chi connectivity index (χ0n) is 6.11. The summed E-state index contributed by atoms with van der Waals surface area (Å²) >= 11 is 6.92. The van der Waals surface area contributed by atoms with E-state index < -0.39 is 5.91 Å². The van der Waals surface area contributed by atoms with Crippen LogP contribution in [0.15, 0.2) is 10.5 Å².